The number of rotatable bonds is 7. The van der Waals surface area contributed by atoms with Gasteiger partial charge in [0.2, 0.25) is 0 Å². The van der Waals surface area contributed by atoms with Crippen molar-refractivity contribution in [2.24, 2.45) is 5.92 Å². The van der Waals surface area contributed by atoms with E-state index in [2.05, 4.69) is 19.2 Å². The van der Waals surface area contributed by atoms with Crippen LogP contribution in [0.4, 0.5) is 13.6 Å². The van der Waals surface area contributed by atoms with Gasteiger partial charge in [0.15, 0.2) is 0 Å². The van der Waals surface area contributed by atoms with Crippen LogP contribution in [0.1, 0.15) is 25.8 Å². The summed E-state index contributed by atoms with van der Waals surface area (Å²) in [5.74, 6) is 1.08. The summed E-state index contributed by atoms with van der Waals surface area (Å²) >= 11 is 0. The molecule has 1 heterocycles. The number of carbonyl (C=O) groups is 1. The molecule has 7 heteroatoms. The largest absolute Gasteiger partial charge is 0.493 e. The molecule has 0 aromatic heterocycles. The van der Waals surface area contributed by atoms with Crippen LogP contribution in [0.25, 0.3) is 0 Å². The number of carbonyl (C=O) groups excluding carboxylic acids is 1. The maximum Gasteiger partial charge on any atom is 0.415 e. The Bertz CT molecular complexity index is 812. The third-order valence-electron chi connectivity index (χ3n) is 4.89. The zero-order chi connectivity index (χ0) is 21.5. The molecule has 2 atom stereocenters. The highest BCUT2D eigenvalue weighted by Gasteiger charge is 2.34. The highest BCUT2D eigenvalue weighted by Crippen LogP contribution is 2.23. The second-order valence-corrected chi connectivity index (χ2v) is 7.87. The Morgan fingerprint density at radius 1 is 1.13 bits per heavy atom. The first-order valence-corrected chi connectivity index (χ1v) is 10.2. The maximum absolute atomic E-state index is 14.6. The van der Waals surface area contributed by atoms with Crippen LogP contribution in [0, 0.1) is 11.7 Å². The molecule has 0 saturated carbocycles. The first-order chi connectivity index (χ1) is 14.4. The van der Waals surface area contributed by atoms with Gasteiger partial charge in [-0.3, -0.25) is 4.90 Å². The Hall–Kier alpha value is -2.67. The number of amides is 1. The molecule has 30 heavy (non-hydrogen) atoms. The Kier molecular flexibility index (Phi) is 7.63. The minimum absolute atomic E-state index is 0.139. The van der Waals surface area contributed by atoms with Crippen LogP contribution in [0.5, 0.6) is 11.5 Å². The molecule has 0 spiro atoms. The summed E-state index contributed by atoms with van der Waals surface area (Å²) < 4.78 is 39.0. The summed E-state index contributed by atoms with van der Waals surface area (Å²) in [6.45, 7) is 5.65. The molecule has 0 radical (unpaired) electrons. The fourth-order valence-corrected chi connectivity index (χ4v) is 3.29. The number of nitrogens with zero attached hydrogens (tertiary/aromatic N) is 1. The average molecular weight is 418 g/mol. The molecule has 1 aliphatic heterocycles. The lowest BCUT2D eigenvalue weighted by atomic mass is 10.0. The third kappa shape index (κ3) is 6.16. The van der Waals surface area contributed by atoms with E-state index in [0.29, 0.717) is 42.6 Å². The normalized spacial score (nSPS) is 18.8. The van der Waals surface area contributed by atoms with Gasteiger partial charge >= 0.3 is 6.09 Å². The number of benzene rings is 2. The van der Waals surface area contributed by atoms with Crippen LogP contribution in [-0.2, 0) is 6.54 Å². The molecular weight excluding hydrogens is 390 g/mol. The fourth-order valence-electron chi connectivity index (χ4n) is 3.29. The summed E-state index contributed by atoms with van der Waals surface area (Å²) in [6.07, 6.45) is -1.37. The number of ether oxygens (including phenoxy) is 2. The smallest absolute Gasteiger partial charge is 0.415 e. The number of halogens is 2. The molecule has 0 bridgehead atoms. The molecule has 0 aliphatic carbocycles. The van der Waals surface area contributed by atoms with Crippen molar-refractivity contribution in [1.82, 2.24) is 10.2 Å². The van der Waals surface area contributed by atoms with Crippen LogP contribution in [0.15, 0.2) is 48.5 Å². The second-order valence-electron chi connectivity index (χ2n) is 7.87. The lowest BCUT2D eigenvalue weighted by Gasteiger charge is -2.36. The fraction of sp³-hybridized carbons (Fsp3) is 0.435. The SMILES string of the molecule is CC(C)COc1ccc(OC(=O)N(Cc2ccc(F)cc2)[C@H]2CCNC[C@H]2F)cc1. The zero-order valence-corrected chi connectivity index (χ0v) is 17.3. The van der Waals surface area contributed by atoms with Crippen molar-refractivity contribution in [1.29, 1.82) is 0 Å². The average Bonchev–Trinajstić information content (AvgIpc) is 2.73. The number of nitrogens with one attached hydrogen (secondary N) is 1. The molecule has 162 valence electrons. The molecule has 2 aromatic rings. The topological polar surface area (TPSA) is 50.8 Å². The summed E-state index contributed by atoms with van der Waals surface area (Å²) in [4.78, 5) is 14.3. The van der Waals surface area contributed by atoms with E-state index in [1.165, 1.54) is 17.0 Å². The standard InChI is InChI=1S/C23H28F2N2O3/c1-16(2)15-29-19-7-9-20(10-8-19)30-23(28)27(22-11-12-26-13-21(22)25)14-17-3-5-18(24)6-4-17/h3-10,16,21-22,26H,11-15H2,1-2H3/t21-,22+/m1/s1. The Morgan fingerprint density at radius 3 is 2.43 bits per heavy atom. The van der Waals surface area contributed by atoms with E-state index in [4.69, 9.17) is 9.47 Å². The van der Waals surface area contributed by atoms with E-state index in [1.54, 1.807) is 36.4 Å². The zero-order valence-electron chi connectivity index (χ0n) is 17.3. The Balaban J connectivity index is 1.71. The molecule has 1 aliphatic rings. The van der Waals surface area contributed by atoms with Crippen LogP contribution in [-0.4, -0.2) is 42.9 Å². The van der Waals surface area contributed by atoms with Gasteiger partial charge in [0.1, 0.15) is 23.5 Å². The van der Waals surface area contributed by atoms with Crippen LogP contribution in [0.2, 0.25) is 0 Å². The molecule has 1 N–H and O–H groups in total. The molecule has 1 amide bonds. The Morgan fingerprint density at radius 2 is 1.80 bits per heavy atom. The van der Waals surface area contributed by atoms with E-state index in [9.17, 15) is 13.6 Å². The van der Waals surface area contributed by atoms with Gasteiger partial charge in [-0.15, -0.1) is 0 Å². The second kappa shape index (κ2) is 10.4. The van der Waals surface area contributed by atoms with E-state index >= 15 is 0 Å². The number of hydrogen-bond acceptors (Lipinski definition) is 4. The van der Waals surface area contributed by atoms with Gasteiger partial charge in [0.05, 0.1) is 12.6 Å². The lowest BCUT2D eigenvalue weighted by molar-refractivity contribution is 0.0742. The summed E-state index contributed by atoms with van der Waals surface area (Å²) in [5.41, 5.74) is 0.705. The molecule has 0 unspecified atom stereocenters. The summed E-state index contributed by atoms with van der Waals surface area (Å²) in [7, 11) is 0. The van der Waals surface area contributed by atoms with Gasteiger partial charge < -0.3 is 14.8 Å². The van der Waals surface area contributed by atoms with Crippen LogP contribution >= 0.6 is 0 Å². The maximum atomic E-state index is 14.6. The monoisotopic (exact) mass is 418 g/mol. The molecule has 3 rings (SSSR count). The van der Waals surface area contributed by atoms with Crippen molar-refractivity contribution in [3.05, 3.63) is 59.9 Å². The van der Waals surface area contributed by atoms with E-state index < -0.39 is 18.3 Å². The molecule has 1 saturated heterocycles. The highest BCUT2D eigenvalue weighted by molar-refractivity contribution is 5.71. The first-order valence-electron chi connectivity index (χ1n) is 10.2. The van der Waals surface area contributed by atoms with Crippen molar-refractivity contribution in [3.63, 3.8) is 0 Å². The van der Waals surface area contributed by atoms with Crippen molar-refractivity contribution in [3.8, 4) is 11.5 Å². The van der Waals surface area contributed by atoms with Crippen molar-refractivity contribution in [2.75, 3.05) is 19.7 Å². The number of alkyl halides is 1. The van der Waals surface area contributed by atoms with Gasteiger partial charge in [-0.25, -0.2) is 13.6 Å². The predicted molar refractivity (Wildman–Crippen MR) is 111 cm³/mol. The first kappa shape index (κ1) is 22.0. The van der Waals surface area contributed by atoms with E-state index in [0.717, 1.165) is 0 Å². The highest BCUT2D eigenvalue weighted by atomic mass is 19.1. The minimum Gasteiger partial charge on any atom is -0.493 e. The minimum atomic E-state index is -1.21. The van der Waals surface area contributed by atoms with Crippen molar-refractivity contribution in [2.45, 2.75) is 39.0 Å². The lowest BCUT2D eigenvalue weighted by Crippen LogP contribution is -2.53. The van der Waals surface area contributed by atoms with Crippen LogP contribution < -0.4 is 14.8 Å². The quantitative estimate of drug-likeness (QED) is 0.716. The van der Waals surface area contributed by atoms with Gasteiger partial charge in [0.25, 0.3) is 0 Å². The van der Waals surface area contributed by atoms with E-state index in [-0.39, 0.29) is 18.9 Å². The van der Waals surface area contributed by atoms with Crippen molar-refractivity contribution < 1.29 is 23.0 Å². The Labute approximate surface area is 176 Å². The van der Waals surface area contributed by atoms with E-state index in [1.807, 2.05) is 0 Å². The van der Waals surface area contributed by atoms with Crippen molar-refractivity contribution >= 4 is 6.09 Å². The number of piperidine rings is 1. The number of hydrogen-bond donors (Lipinski definition) is 1. The van der Waals surface area contributed by atoms with Gasteiger partial charge in [-0.1, -0.05) is 26.0 Å². The summed E-state index contributed by atoms with van der Waals surface area (Å²) in [5, 5.41) is 2.99. The van der Waals surface area contributed by atoms with Gasteiger partial charge in [-0.05, 0) is 60.8 Å². The molecule has 1 fully saturated rings. The summed E-state index contributed by atoms with van der Waals surface area (Å²) in [6, 6.07) is 12.0. The predicted octanol–water partition coefficient (Wildman–Crippen LogP) is 4.56. The molecule has 2 aromatic carbocycles. The molecule has 5 nitrogen and oxygen atoms in total. The molecular formula is C23H28F2N2O3. The van der Waals surface area contributed by atoms with Gasteiger partial charge in [-0.2, -0.15) is 0 Å². The van der Waals surface area contributed by atoms with Gasteiger partial charge in [0, 0.05) is 13.1 Å². The third-order valence-corrected chi connectivity index (χ3v) is 4.89. The van der Waals surface area contributed by atoms with Crippen LogP contribution in [0.3, 0.4) is 0 Å².